The number of rotatable bonds is 4. The molecule has 9 heteroatoms. The molecule has 5 amide bonds. The van der Waals surface area contributed by atoms with E-state index >= 15 is 0 Å². The van der Waals surface area contributed by atoms with E-state index in [0.717, 1.165) is 21.6 Å². The lowest BCUT2D eigenvalue weighted by Gasteiger charge is -2.54. The van der Waals surface area contributed by atoms with E-state index in [2.05, 4.69) is 0 Å². The van der Waals surface area contributed by atoms with Crippen molar-refractivity contribution in [3.05, 3.63) is 59.0 Å². The third-order valence-electron chi connectivity index (χ3n) is 7.31. The van der Waals surface area contributed by atoms with Crippen molar-refractivity contribution in [2.45, 2.75) is 44.8 Å². The molecule has 2 aromatic rings. The van der Waals surface area contributed by atoms with Gasteiger partial charge >= 0.3 is 6.03 Å². The Morgan fingerprint density at radius 2 is 1.74 bits per heavy atom. The molecule has 5 rings (SSSR count). The zero-order valence-corrected chi connectivity index (χ0v) is 19.6. The zero-order chi connectivity index (χ0) is 24.1. The molecule has 178 valence electrons. The lowest BCUT2D eigenvalue weighted by Crippen LogP contribution is -2.70. The van der Waals surface area contributed by atoms with Gasteiger partial charge in [0.15, 0.2) is 5.76 Å². The van der Waals surface area contributed by atoms with Gasteiger partial charge in [-0.2, -0.15) is 0 Å². The van der Waals surface area contributed by atoms with Crippen molar-refractivity contribution in [1.82, 2.24) is 19.6 Å². The second-order valence-corrected chi connectivity index (χ2v) is 9.38. The van der Waals surface area contributed by atoms with Crippen LogP contribution in [0.15, 0.2) is 41.0 Å². The van der Waals surface area contributed by atoms with Crippen molar-refractivity contribution in [2.75, 3.05) is 26.7 Å². The second-order valence-electron chi connectivity index (χ2n) is 9.38. The molecule has 0 N–H and O–H groups in total. The smallest absolute Gasteiger partial charge is 0.327 e. The van der Waals surface area contributed by atoms with Gasteiger partial charge in [0.05, 0.1) is 12.3 Å². The number of hydrogen-bond donors (Lipinski definition) is 0. The van der Waals surface area contributed by atoms with Crippen molar-refractivity contribution < 1.29 is 23.6 Å². The van der Waals surface area contributed by atoms with Crippen LogP contribution in [-0.4, -0.2) is 82.1 Å². The Bertz CT molecular complexity index is 1150. The van der Waals surface area contributed by atoms with Crippen molar-refractivity contribution in [3.8, 4) is 0 Å². The van der Waals surface area contributed by atoms with Crippen LogP contribution in [0, 0.1) is 13.8 Å². The summed E-state index contributed by atoms with van der Waals surface area (Å²) in [6.07, 6.45) is 2.72. The van der Waals surface area contributed by atoms with Gasteiger partial charge in [-0.05, 0) is 55.5 Å². The summed E-state index contributed by atoms with van der Waals surface area (Å²) in [6, 6.07) is 7.60. The van der Waals surface area contributed by atoms with Crippen LogP contribution in [0.4, 0.5) is 4.79 Å². The molecule has 2 atom stereocenters. The number of likely N-dealkylation sites (tertiary alicyclic amines) is 2. The van der Waals surface area contributed by atoms with Gasteiger partial charge in [0.25, 0.3) is 11.8 Å². The molecule has 2 unspecified atom stereocenters. The van der Waals surface area contributed by atoms with E-state index in [4.69, 9.17) is 4.42 Å². The maximum absolute atomic E-state index is 13.4. The van der Waals surface area contributed by atoms with Crippen LogP contribution in [0.3, 0.4) is 0 Å². The Morgan fingerprint density at radius 1 is 1.00 bits per heavy atom. The van der Waals surface area contributed by atoms with E-state index in [9.17, 15) is 19.2 Å². The number of hydrogen-bond acceptors (Lipinski definition) is 5. The van der Waals surface area contributed by atoms with Gasteiger partial charge in [0, 0.05) is 26.2 Å². The maximum atomic E-state index is 13.4. The fourth-order valence-corrected chi connectivity index (χ4v) is 5.26. The Hall–Kier alpha value is -3.62. The number of aryl methyl sites for hydroxylation is 2. The molecule has 0 radical (unpaired) electrons. The summed E-state index contributed by atoms with van der Waals surface area (Å²) in [5, 5.41) is 0. The van der Waals surface area contributed by atoms with Gasteiger partial charge in [-0.1, -0.05) is 18.2 Å². The van der Waals surface area contributed by atoms with E-state index in [1.54, 1.807) is 24.1 Å². The average molecular weight is 465 g/mol. The van der Waals surface area contributed by atoms with Crippen LogP contribution < -0.4 is 0 Å². The van der Waals surface area contributed by atoms with E-state index in [1.165, 1.54) is 11.2 Å². The Balaban J connectivity index is 1.39. The normalized spacial score (nSPS) is 23.7. The Morgan fingerprint density at radius 3 is 2.32 bits per heavy atom. The predicted octanol–water partition coefficient (Wildman–Crippen LogP) is 2.35. The minimum absolute atomic E-state index is 0.0183. The van der Waals surface area contributed by atoms with Crippen LogP contribution in [0.1, 0.15) is 46.1 Å². The van der Waals surface area contributed by atoms with Gasteiger partial charge in [-0.3, -0.25) is 14.4 Å². The van der Waals surface area contributed by atoms with E-state index < -0.39 is 18.1 Å². The van der Waals surface area contributed by atoms with E-state index in [-0.39, 0.29) is 30.3 Å². The monoisotopic (exact) mass is 464 g/mol. The Labute approximate surface area is 197 Å². The molecule has 9 nitrogen and oxygen atoms in total. The number of likely N-dealkylation sites (N-methyl/N-ethyl adjacent to an activating group) is 1. The number of furan rings is 1. The summed E-state index contributed by atoms with van der Waals surface area (Å²) in [5.41, 5.74) is 3.14. The number of carbonyl (C=O) groups excluding carboxylic acids is 4. The lowest BCUT2D eigenvalue weighted by atomic mass is 9.82. The summed E-state index contributed by atoms with van der Waals surface area (Å²) in [5.74, 6) is -0.408. The summed E-state index contributed by atoms with van der Waals surface area (Å²) in [4.78, 5) is 57.5. The predicted molar refractivity (Wildman–Crippen MR) is 122 cm³/mol. The molecular weight excluding hydrogens is 436 g/mol. The highest BCUT2D eigenvalue weighted by molar-refractivity contribution is 6.07. The summed E-state index contributed by atoms with van der Waals surface area (Å²) in [7, 11) is 1.57. The molecule has 34 heavy (non-hydrogen) atoms. The van der Waals surface area contributed by atoms with Gasteiger partial charge in [-0.25, -0.2) is 9.69 Å². The van der Waals surface area contributed by atoms with Gasteiger partial charge in [0.1, 0.15) is 12.6 Å². The highest BCUT2D eigenvalue weighted by Crippen LogP contribution is 2.43. The third-order valence-corrected chi connectivity index (χ3v) is 7.31. The first-order chi connectivity index (χ1) is 16.3. The molecule has 4 heterocycles. The number of urea groups is 1. The van der Waals surface area contributed by atoms with Crippen LogP contribution >= 0.6 is 0 Å². The highest BCUT2D eigenvalue weighted by Gasteiger charge is 2.58. The largest absolute Gasteiger partial charge is 0.459 e. The second kappa shape index (κ2) is 8.30. The van der Waals surface area contributed by atoms with Gasteiger partial charge in [-0.15, -0.1) is 0 Å². The standard InChI is InChI=1S/C25H28N4O5/c1-15-6-7-17(13-16(15)2)21-22(29-20(30)14-26(3)25(29)33)24(32)28(21)18-8-10-27(11-9-18)23(31)19-5-4-12-34-19/h4-7,12-13,18,21-22H,8-11,14H2,1-3H3. The fourth-order valence-electron chi connectivity index (χ4n) is 5.26. The molecule has 1 aromatic carbocycles. The molecule has 3 fully saturated rings. The van der Waals surface area contributed by atoms with E-state index in [0.29, 0.717) is 31.7 Å². The van der Waals surface area contributed by atoms with Crippen molar-refractivity contribution in [1.29, 1.82) is 0 Å². The molecule has 1 aromatic heterocycles. The topological polar surface area (TPSA) is 94.4 Å². The molecule has 0 aliphatic carbocycles. The Kier molecular flexibility index (Phi) is 5.42. The number of nitrogens with zero attached hydrogens (tertiary/aromatic N) is 4. The number of carbonyl (C=O) groups is 4. The molecule has 0 spiro atoms. The average Bonchev–Trinajstić information content (AvgIpc) is 3.44. The molecule has 3 aliphatic rings. The highest BCUT2D eigenvalue weighted by atomic mass is 16.3. The van der Waals surface area contributed by atoms with Crippen LogP contribution in [0.5, 0.6) is 0 Å². The summed E-state index contributed by atoms with van der Waals surface area (Å²) in [6.45, 7) is 5.02. The molecular formula is C25H28N4O5. The van der Waals surface area contributed by atoms with Gasteiger partial charge in [0.2, 0.25) is 5.91 Å². The van der Waals surface area contributed by atoms with Crippen molar-refractivity contribution >= 4 is 23.8 Å². The number of β-lactam (4-membered cyclic amide) rings is 1. The number of benzene rings is 1. The summed E-state index contributed by atoms with van der Waals surface area (Å²) >= 11 is 0. The number of amides is 5. The number of imide groups is 1. The minimum atomic E-state index is -0.838. The maximum Gasteiger partial charge on any atom is 0.327 e. The molecule has 0 saturated carbocycles. The van der Waals surface area contributed by atoms with Crippen LogP contribution in [0.2, 0.25) is 0 Å². The first-order valence-corrected chi connectivity index (χ1v) is 11.6. The third kappa shape index (κ3) is 3.46. The molecule has 3 aliphatic heterocycles. The quantitative estimate of drug-likeness (QED) is 0.511. The van der Waals surface area contributed by atoms with Gasteiger partial charge < -0.3 is 19.1 Å². The number of piperidine rings is 1. The first kappa shape index (κ1) is 22.2. The molecule has 0 bridgehead atoms. The van der Waals surface area contributed by atoms with Crippen LogP contribution in [0.25, 0.3) is 0 Å². The van der Waals surface area contributed by atoms with Crippen molar-refractivity contribution in [3.63, 3.8) is 0 Å². The lowest BCUT2D eigenvalue weighted by molar-refractivity contribution is -0.167. The summed E-state index contributed by atoms with van der Waals surface area (Å²) < 4.78 is 5.24. The van der Waals surface area contributed by atoms with Crippen molar-refractivity contribution in [2.24, 2.45) is 0 Å². The van der Waals surface area contributed by atoms with E-state index in [1.807, 2.05) is 36.9 Å². The first-order valence-electron chi connectivity index (χ1n) is 11.6. The SMILES string of the molecule is Cc1ccc(C2C(N3C(=O)CN(C)C3=O)C(=O)N2C2CCN(C(=O)c3ccco3)CC2)cc1C. The fraction of sp³-hybridized carbons (Fsp3) is 0.440. The minimum Gasteiger partial charge on any atom is -0.459 e. The van der Waals surface area contributed by atoms with Crippen LogP contribution in [-0.2, 0) is 9.59 Å². The molecule has 3 saturated heterocycles. The zero-order valence-electron chi connectivity index (χ0n) is 19.6.